The zero-order valence-electron chi connectivity index (χ0n) is 13.6. The molecule has 120 valence electrons. The third kappa shape index (κ3) is 8.08. The third-order valence-electron chi connectivity index (χ3n) is 3.79. The van der Waals surface area contributed by atoms with Crippen molar-refractivity contribution in [2.24, 2.45) is 5.73 Å². The van der Waals surface area contributed by atoms with E-state index in [1.165, 1.54) is 31.2 Å². The van der Waals surface area contributed by atoms with Crippen molar-refractivity contribution in [3.63, 3.8) is 0 Å². The largest absolute Gasteiger partial charge is 0.494 e. The summed E-state index contributed by atoms with van der Waals surface area (Å²) in [5.74, 6) is 0.937. The van der Waals surface area contributed by atoms with Crippen LogP contribution in [0.1, 0.15) is 57.9 Å². The topological polar surface area (TPSA) is 55.5 Å². The number of aryl methyl sites for hydroxylation is 1. The molecule has 0 unspecified atom stereocenters. The monoisotopic (exact) mass is 293 g/mol. The highest BCUT2D eigenvalue weighted by Gasteiger charge is 2.16. The summed E-state index contributed by atoms with van der Waals surface area (Å²) < 4.78 is 5.74. The van der Waals surface area contributed by atoms with Crippen LogP contribution in [0, 0.1) is 0 Å². The van der Waals surface area contributed by atoms with E-state index in [4.69, 9.17) is 15.6 Å². The standard InChI is InChI=1S/C18H31NO2/c1-3-4-5-6-7-14-21-17-10-8-16(9-11-17)12-13-18(2,19)15-20/h8-11,20H,3-7,12-15,19H2,1-2H3/t18-/m0/s1. The Kier molecular flexibility index (Phi) is 8.40. The van der Waals surface area contributed by atoms with E-state index in [0.29, 0.717) is 0 Å². The molecule has 0 saturated carbocycles. The van der Waals surface area contributed by atoms with Crippen molar-refractivity contribution in [1.29, 1.82) is 0 Å². The highest BCUT2D eigenvalue weighted by atomic mass is 16.5. The molecule has 0 radical (unpaired) electrons. The predicted molar refractivity (Wildman–Crippen MR) is 88.7 cm³/mol. The van der Waals surface area contributed by atoms with Crippen molar-refractivity contribution >= 4 is 0 Å². The number of rotatable bonds is 11. The van der Waals surface area contributed by atoms with Crippen molar-refractivity contribution in [2.45, 2.75) is 64.3 Å². The molecule has 3 heteroatoms. The van der Waals surface area contributed by atoms with Crippen molar-refractivity contribution in [3.8, 4) is 5.75 Å². The summed E-state index contributed by atoms with van der Waals surface area (Å²) in [5.41, 5.74) is 6.67. The molecule has 0 amide bonds. The van der Waals surface area contributed by atoms with Crippen LogP contribution >= 0.6 is 0 Å². The van der Waals surface area contributed by atoms with Crippen molar-refractivity contribution in [2.75, 3.05) is 13.2 Å². The number of unbranched alkanes of at least 4 members (excludes halogenated alkanes) is 4. The number of nitrogens with two attached hydrogens (primary N) is 1. The van der Waals surface area contributed by atoms with Gasteiger partial charge in [0.15, 0.2) is 0 Å². The molecule has 1 rings (SSSR count). The van der Waals surface area contributed by atoms with Crippen molar-refractivity contribution in [3.05, 3.63) is 29.8 Å². The molecule has 1 aromatic rings. The molecule has 0 spiro atoms. The Hall–Kier alpha value is -1.06. The van der Waals surface area contributed by atoms with Crippen LogP contribution < -0.4 is 10.5 Å². The Morgan fingerprint density at radius 3 is 2.38 bits per heavy atom. The molecular formula is C18H31NO2. The molecule has 3 nitrogen and oxygen atoms in total. The van der Waals surface area contributed by atoms with E-state index in [1.54, 1.807) is 0 Å². The second-order valence-electron chi connectivity index (χ2n) is 6.22. The molecule has 1 atom stereocenters. The summed E-state index contributed by atoms with van der Waals surface area (Å²) in [5, 5.41) is 9.15. The van der Waals surface area contributed by atoms with Gasteiger partial charge in [-0.15, -0.1) is 0 Å². The van der Waals surface area contributed by atoms with Gasteiger partial charge in [-0.05, 0) is 43.9 Å². The van der Waals surface area contributed by atoms with E-state index in [-0.39, 0.29) is 6.61 Å². The molecule has 0 bridgehead atoms. The summed E-state index contributed by atoms with van der Waals surface area (Å²) in [7, 11) is 0. The van der Waals surface area contributed by atoms with Crippen LogP contribution in [0.25, 0.3) is 0 Å². The maximum atomic E-state index is 9.15. The Bertz CT molecular complexity index is 373. The zero-order chi connectivity index (χ0) is 15.6. The molecule has 0 aliphatic heterocycles. The van der Waals surface area contributed by atoms with Crippen LogP contribution in [0.15, 0.2) is 24.3 Å². The maximum Gasteiger partial charge on any atom is 0.119 e. The fourth-order valence-corrected chi connectivity index (χ4v) is 2.16. The zero-order valence-corrected chi connectivity index (χ0v) is 13.6. The van der Waals surface area contributed by atoms with Crippen LogP contribution in [0.3, 0.4) is 0 Å². The molecule has 0 aliphatic carbocycles. The Balaban J connectivity index is 2.24. The highest BCUT2D eigenvalue weighted by molar-refractivity contribution is 5.27. The predicted octanol–water partition coefficient (Wildman–Crippen LogP) is 3.68. The van der Waals surface area contributed by atoms with Gasteiger partial charge in [0.25, 0.3) is 0 Å². The average molecular weight is 293 g/mol. The first-order chi connectivity index (χ1) is 10.1. The number of hydrogen-bond acceptors (Lipinski definition) is 3. The van der Waals surface area contributed by atoms with Gasteiger partial charge in [0, 0.05) is 5.54 Å². The first kappa shape index (κ1) is 18.0. The molecule has 3 N–H and O–H groups in total. The quantitative estimate of drug-likeness (QED) is 0.612. The van der Waals surface area contributed by atoms with E-state index >= 15 is 0 Å². The lowest BCUT2D eigenvalue weighted by atomic mass is 9.95. The van der Waals surface area contributed by atoms with E-state index in [2.05, 4.69) is 19.1 Å². The van der Waals surface area contributed by atoms with Gasteiger partial charge in [-0.2, -0.15) is 0 Å². The van der Waals surface area contributed by atoms with E-state index < -0.39 is 5.54 Å². The summed E-state index contributed by atoms with van der Waals surface area (Å²) in [6, 6.07) is 8.21. The second-order valence-corrected chi connectivity index (χ2v) is 6.22. The Labute approximate surface area is 129 Å². The SMILES string of the molecule is CCCCCCCOc1ccc(CC[C@](C)(N)CO)cc1. The second kappa shape index (κ2) is 9.80. The third-order valence-corrected chi connectivity index (χ3v) is 3.79. The number of ether oxygens (including phenoxy) is 1. The molecule has 21 heavy (non-hydrogen) atoms. The summed E-state index contributed by atoms with van der Waals surface area (Å²) in [6.45, 7) is 4.93. The minimum Gasteiger partial charge on any atom is -0.494 e. The van der Waals surface area contributed by atoms with E-state index in [9.17, 15) is 0 Å². The van der Waals surface area contributed by atoms with Gasteiger partial charge in [-0.1, -0.05) is 44.7 Å². The van der Waals surface area contributed by atoms with Gasteiger partial charge >= 0.3 is 0 Å². The summed E-state index contributed by atoms with van der Waals surface area (Å²) in [6.07, 6.45) is 7.95. The molecular weight excluding hydrogens is 262 g/mol. The molecule has 0 fully saturated rings. The first-order valence-electron chi connectivity index (χ1n) is 8.19. The van der Waals surface area contributed by atoms with E-state index in [1.807, 2.05) is 19.1 Å². The highest BCUT2D eigenvalue weighted by Crippen LogP contribution is 2.16. The normalized spacial score (nSPS) is 13.9. The van der Waals surface area contributed by atoms with Gasteiger partial charge in [0.05, 0.1) is 13.2 Å². The van der Waals surface area contributed by atoms with Gasteiger partial charge < -0.3 is 15.6 Å². The minimum atomic E-state index is -0.492. The smallest absolute Gasteiger partial charge is 0.119 e. The van der Waals surface area contributed by atoms with Crippen LogP contribution in [0.5, 0.6) is 5.75 Å². The summed E-state index contributed by atoms with van der Waals surface area (Å²) in [4.78, 5) is 0. The average Bonchev–Trinajstić information content (AvgIpc) is 2.50. The number of hydrogen-bond donors (Lipinski definition) is 2. The first-order valence-corrected chi connectivity index (χ1v) is 8.19. The molecule has 0 saturated heterocycles. The fraction of sp³-hybridized carbons (Fsp3) is 0.667. The number of benzene rings is 1. The Morgan fingerprint density at radius 1 is 1.10 bits per heavy atom. The van der Waals surface area contributed by atoms with Crippen molar-refractivity contribution in [1.82, 2.24) is 0 Å². The van der Waals surface area contributed by atoms with E-state index in [0.717, 1.165) is 31.6 Å². The molecule has 1 aromatic carbocycles. The van der Waals surface area contributed by atoms with Crippen LogP contribution in [-0.2, 0) is 6.42 Å². The van der Waals surface area contributed by atoms with Gasteiger partial charge in [-0.3, -0.25) is 0 Å². The fourth-order valence-electron chi connectivity index (χ4n) is 2.16. The molecule has 0 aliphatic rings. The van der Waals surface area contributed by atoms with Crippen LogP contribution in [0.2, 0.25) is 0 Å². The van der Waals surface area contributed by atoms with Gasteiger partial charge in [-0.25, -0.2) is 0 Å². The summed E-state index contributed by atoms with van der Waals surface area (Å²) >= 11 is 0. The number of aliphatic hydroxyl groups is 1. The molecule has 0 heterocycles. The van der Waals surface area contributed by atoms with Crippen LogP contribution in [-0.4, -0.2) is 23.9 Å². The lowest BCUT2D eigenvalue weighted by Gasteiger charge is -2.21. The van der Waals surface area contributed by atoms with Gasteiger partial charge in [0.2, 0.25) is 0 Å². The van der Waals surface area contributed by atoms with Crippen molar-refractivity contribution < 1.29 is 9.84 Å². The lowest BCUT2D eigenvalue weighted by Crippen LogP contribution is -2.40. The maximum absolute atomic E-state index is 9.15. The number of aliphatic hydroxyl groups excluding tert-OH is 1. The van der Waals surface area contributed by atoms with Gasteiger partial charge in [0.1, 0.15) is 5.75 Å². The van der Waals surface area contributed by atoms with Crippen LogP contribution in [0.4, 0.5) is 0 Å². The molecule has 0 aromatic heterocycles. The minimum absolute atomic E-state index is 0.0201. The Morgan fingerprint density at radius 2 is 1.76 bits per heavy atom. The lowest BCUT2D eigenvalue weighted by molar-refractivity contribution is 0.200.